The Morgan fingerprint density at radius 2 is 1.95 bits per heavy atom. The smallest absolute Gasteiger partial charge is 0.146 e. The summed E-state index contributed by atoms with van der Waals surface area (Å²) in [6.07, 6.45) is 3.55. The highest BCUT2D eigenvalue weighted by Gasteiger charge is 2.06. The maximum atomic E-state index is 13.8. The van der Waals surface area contributed by atoms with Crippen molar-refractivity contribution in [3.8, 4) is 0 Å². The van der Waals surface area contributed by atoms with Gasteiger partial charge in [0.2, 0.25) is 0 Å². The van der Waals surface area contributed by atoms with Crippen LogP contribution < -0.4 is 5.32 Å². The second kappa shape index (κ2) is 5.47. The van der Waals surface area contributed by atoms with E-state index in [0.717, 1.165) is 16.5 Å². The molecule has 0 fully saturated rings. The van der Waals surface area contributed by atoms with Crippen molar-refractivity contribution in [3.63, 3.8) is 0 Å². The molecule has 0 radical (unpaired) electrons. The number of nitrogens with zero attached hydrogens (tertiary/aromatic N) is 1. The van der Waals surface area contributed by atoms with Crippen LogP contribution in [0.1, 0.15) is 5.56 Å². The maximum absolute atomic E-state index is 13.8. The van der Waals surface area contributed by atoms with Crippen molar-refractivity contribution in [1.82, 2.24) is 4.98 Å². The van der Waals surface area contributed by atoms with Crippen LogP contribution in [0.2, 0.25) is 5.02 Å². The fourth-order valence-corrected chi connectivity index (χ4v) is 2.35. The third kappa shape index (κ3) is 2.45. The third-order valence-corrected chi connectivity index (χ3v) is 3.47. The molecule has 0 amide bonds. The lowest BCUT2D eigenvalue weighted by Crippen LogP contribution is -2.02. The largest absolute Gasteiger partial charge is 0.380 e. The first kappa shape index (κ1) is 12.9. The second-order valence-corrected chi connectivity index (χ2v) is 4.88. The molecule has 0 aliphatic rings. The Morgan fingerprint density at radius 1 is 1.10 bits per heavy atom. The van der Waals surface area contributed by atoms with Crippen molar-refractivity contribution in [2.45, 2.75) is 6.54 Å². The van der Waals surface area contributed by atoms with E-state index in [2.05, 4.69) is 10.3 Å². The number of hydrogen-bond donors (Lipinski definition) is 1. The number of pyridine rings is 1. The molecule has 1 N–H and O–H groups in total. The molecule has 0 aliphatic carbocycles. The number of anilines is 1. The minimum atomic E-state index is -0.372. The molecule has 0 saturated heterocycles. The van der Waals surface area contributed by atoms with Gasteiger partial charge in [0.05, 0.1) is 5.02 Å². The predicted octanol–water partition coefficient (Wildman–Crippen LogP) is 4.64. The third-order valence-electron chi connectivity index (χ3n) is 3.18. The molecule has 100 valence electrons. The van der Waals surface area contributed by atoms with E-state index in [0.29, 0.717) is 12.1 Å². The molecule has 1 heterocycles. The minimum Gasteiger partial charge on any atom is -0.380 e. The van der Waals surface area contributed by atoms with E-state index in [-0.39, 0.29) is 10.8 Å². The summed E-state index contributed by atoms with van der Waals surface area (Å²) >= 11 is 5.78. The van der Waals surface area contributed by atoms with Gasteiger partial charge in [0, 0.05) is 41.0 Å². The summed E-state index contributed by atoms with van der Waals surface area (Å²) in [7, 11) is 0. The standard InChI is InChI=1S/C16H12ClFN2/c17-14-5-1-4-12(16(14)18)10-20-15-6-2-3-11-9-19-8-7-13(11)15/h1-9,20H,10H2. The molecule has 0 aliphatic heterocycles. The van der Waals surface area contributed by atoms with Gasteiger partial charge in [-0.15, -0.1) is 0 Å². The van der Waals surface area contributed by atoms with Gasteiger partial charge in [-0.25, -0.2) is 4.39 Å². The summed E-state index contributed by atoms with van der Waals surface area (Å²) in [6.45, 7) is 0.383. The fraction of sp³-hybridized carbons (Fsp3) is 0.0625. The molecule has 0 saturated carbocycles. The van der Waals surface area contributed by atoms with Gasteiger partial charge in [0.25, 0.3) is 0 Å². The number of fused-ring (bicyclic) bond motifs is 1. The Hall–Kier alpha value is -2.13. The van der Waals surface area contributed by atoms with Crippen LogP contribution >= 0.6 is 11.6 Å². The SMILES string of the molecule is Fc1c(Cl)cccc1CNc1cccc2cnccc12. The van der Waals surface area contributed by atoms with Crippen molar-refractivity contribution in [2.75, 3.05) is 5.32 Å². The second-order valence-electron chi connectivity index (χ2n) is 4.47. The average molecular weight is 287 g/mol. The lowest BCUT2D eigenvalue weighted by Gasteiger charge is -2.10. The Balaban J connectivity index is 1.89. The molecule has 0 atom stereocenters. The number of rotatable bonds is 3. The molecular weight excluding hydrogens is 275 g/mol. The number of aromatic nitrogens is 1. The van der Waals surface area contributed by atoms with E-state index >= 15 is 0 Å². The van der Waals surface area contributed by atoms with Crippen LogP contribution in [0, 0.1) is 5.82 Å². The van der Waals surface area contributed by atoms with Gasteiger partial charge in [-0.2, -0.15) is 0 Å². The quantitative estimate of drug-likeness (QED) is 0.759. The summed E-state index contributed by atoms with van der Waals surface area (Å²) in [5.74, 6) is -0.372. The number of halogens is 2. The first-order valence-corrected chi connectivity index (χ1v) is 6.63. The molecule has 0 spiro atoms. The van der Waals surface area contributed by atoms with Gasteiger partial charge >= 0.3 is 0 Å². The van der Waals surface area contributed by atoms with Gasteiger partial charge in [-0.05, 0) is 18.2 Å². The first-order chi connectivity index (χ1) is 9.75. The minimum absolute atomic E-state index is 0.145. The molecular formula is C16H12ClFN2. The summed E-state index contributed by atoms with van der Waals surface area (Å²) in [6, 6.07) is 12.9. The van der Waals surface area contributed by atoms with Crippen molar-refractivity contribution in [2.24, 2.45) is 0 Å². The van der Waals surface area contributed by atoms with Crippen molar-refractivity contribution < 1.29 is 4.39 Å². The molecule has 3 rings (SSSR count). The lowest BCUT2D eigenvalue weighted by molar-refractivity contribution is 0.613. The maximum Gasteiger partial charge on any atom is 0.146 e. The number of nitrogens with one attached hydrogen (secondary N) is 1. The molecule has 0 bridgehead atoms. The van der Waals surface area contributed by atoms with Crippen LogP contribution in [0.5, 0.6) is 0 Å². The summed E-state index contributed by atoms with van der Waals surface area (Å²) in [5, 5.41) is 5.50. The van der Waals surface area contributed by atoms with Crippen LogP contribution in [0.25, 0.3) is 10.8 Å². The van der Waals surface area contributed by atoms with Crippen molar-refractivity contribution in [3.05, 3.63) is 71.3 Å². The molecule has 3 aromatic rings. The van der Waals surface area contributed by atoms with Crippen LogP contribution in [-0.4, -0.2) is 4.98 Å². The van der Waals surface area contributed by atoms with E-state index in [1.54, 1.807) is 30.6 Å². The predicted molar refractivity (Wildman–Crippen MR) is 80.5 cm³/mol. The van der Waals surface area contributed by atoms with Crippen LogP contribution in [0.3, 0.4) is 0 Å². The van der Waals surface area contributed by atoms with Gasteiger partial charge in [0.1, 0.15) is 5.82 Å². The highest BCUT2D eigenvalue weighted by molar-refractivity contribution is 6.30. The Morgan fingerprint density at radius 3 is 2.85 bits per heavy atom. The van der Waals surface area contributed by atoms with Crippen LogP contribution in [0.4, 0.5) is 10.1 Å². The Labute approximate surface area is 121 Å². The lowest BCUT2D eigenvalue weighted by atomic mass is 10.1. The zero-order chi connectivity index (χ0) is 13.9. The number of benzene rings is 2. The van der Waals surface area contributed by atoms with Crippen LogP contribution in [0.15, 0.2) is 54.9 Å². The van der Waals surface area contributed by atoms with Crippen molar-refractivity contribution in [1.29, 1.82) is 0 Å². The highest BCUT2D eigenvalue weighted by atomic mass is 35.5. The topological polar surface area (TPSA) is 24.9 Å². The van der Waals surface area contributed by atoms with Gasteiger partial charge in [-0.1, -0.05) is 35.9 Å². The summed E-state index contributed by atoms with van der Waals surface area (Å²) in [5.41, 5.74) is 1.49. The first-order valence-electron chi connectivity index (χ1n) is 6.25. The molecule has 20 heavy (non-hydrogen) atoms. The zero-order valence-corrected chi connectivity index (χ0v) is 11.4. The van der Waals surface area contributed by atoms with E-state index in [4.69, 9.17) is 11.6 Å². The molecule has 0 unspecified atom stereocenters. The van der Waals surface area contributed by atoms with Crippen LogP contribution in [-0.2, 0) is 6.54 Å². The number of hydrogen-bond acceptors (Lipinski definition) is 2. The van der Waals surface area contributed by atoms with E-state index in [1.165, 1.54) is 0 Å². The van der Waals surface area contributed by atoms with E-state index < -0.39 is 0 Å². The molecule has 2 aromatic carbocycles. The molecule has 1 aromatic heterocycles. The highest BCUT2D eigenvalue weighted by Crippen LogP contribution is 2.24. The van der Waals surface area contributed by atoms with Crippen molar-refractivity contribution >= 4 is 28.1 Å². The molecule has 4 heteroatoms. The van der Waals surface area contributed by atoms with E-state index in [1.807, 2.05) is 24.3 Å². The summed E-state index contributed by atoms with van der Waals surface area (Å²) < 4.78 is 13.8. The van der Waals surface area contributed by atoms with Gasteiger partial charge in [0.15, 0.2) is 0 Å². The fourth-order valence-electron chi connectivity index (χ4n) is 2.15. The normalized spacial score (nSPS) is 10.7. The molecule has 2 nitrogen and oxygen atoms in total. The monoisotopic (exact) mass is 286 g/mol. The van der Waals surface area contributed by atoms with E-state index in [9.17, 15) is 4.39 Å². The zero-order valence-electron chi connectivity index (χ0n) is 10.6. The van der Waals surface area contributed by atoms with Gasteiger partial charge < -0.3 is 5.32 Å². The average Bonchev–Trinajstić information content (AvgIpc) is 2.49. The Bertz CT molecular complexity index is 753. The Kier molecular flexibility index (Phi) is 3.52. The van der Waals surface area contributed by atoms with Gasteiger partial charge in [-0.3, -0.25) is 4.98 Å². The summed E-state index contributed by atoms with van der Waals surface area (Å²) in [4.78, 5) is 4.09.